The van der Waals surface area contributed by atoms with Crippen molar-refractivity contribution < 1.29 is 22.7 Å². The second-order valence-corrected chi connectivity index (χ2v) is 7.98. The molecule has 0 heterocycles. The number of benzene rings is 3. The van der Waals surface area contributed by atoms with E-state index in [2.05, 4.69) is 5.32 Å². The number of carbonyl (C=O) groups is 1. The molecule has 28 heavy (non-hydrogen) atoms. The third-order valence-electron chi connectivity index (χ3n) is 3.94. The number of ether oxygens (including phenoxy) is 2. The van der Waals surface area contributed by atoms with Gasteiger partial charge in [-0.15, -0.1) is 0 Å². The first-order valence-electron chi connectivity index (χ1n) is 8.40. The highest BCUT2D eigenvalue weighted by atomic mass is 32.2. The monoisotopic (exact) mass is 397 g/mol. The number of methoxy groups -OCH3 is 1. The van der Waals surface area contributed by atoms with E-state index in [0.29, 0.717) is 22.9 Å². The Labute approximate surface area is 163 Å². The molecule has 6 nitrogen and oxygen atoms in total. The maximum absolute atomic E-state index is 12.5. The van der Waals surface area contributed by atoms with Crippen LogP contribution in [0.25, 0.3) is 0 Å². The van der Waals surface area contributed by atoms with Crippen LogP contribution in [0.1, 0.15) is 10.4 Å². The molecule has 7 heteroatoms. The van der Waals surface area contributed by atoms with E-state index in [4.69, 9.17) is 9.47 Å². The molecule has 3 rings (SSSR count). The molecule has 0 radical (unpaired) electrons. The molecule has 0 aliphatic rings. The van der Waals surface area contributed by atoms with Gasteiger partial charge in [-0.05, 0) is 48.5 Å². The average molecular weight is 397 g/mol. The van der Waals surface area contributed by atoms with Crippen molar-refractivity contribution in [3.05, 3.63) is 78.4 Å². The fourth-order valence-corrected chi connectivity index (χ4v) is 3.50. The molecule has 0 saturated carbocycles. The largest absolute Gasteiger partial charge is 0.493 e. The molecule has 1 N–H and O–H groups in total. The van der Waals surface area contributed by atoms with Gasteiger partial charge >= 0.3 is 0 Å². The normalized spacial score (nSPS) is 10.9. The molecular formula is C21H19NO5S. The number of hydrogen-bond donors (Lipinski definition) is 1. The van der Waals surface area contributed by atoms with Crippen molar-refractivity contribution in [1.82, 2.24) is 0 Å². The van der Waals surface area contributed by atoms with Crippen LogP contribution < -0.4 is 14.8 Å². The number of nitrogens with one attached hydrogen (secondary N) is 1. The summed E-state index contributed by atoms with van der Waals surface area (Å²) in [6, 6.07) is 20.1. The number of anilines is 1. The van der Waals surface area contributed by atoms with E-state index in [0.717, 1.165) is 6.26 Å². The Hall–Kier alpha value is -3.32. The van der Waals surface area contributed by atoms with E-state index < -0.39 is 15.7 Å². The maximum atomic E-state index is 12.5. The van der Waals surface area contributed by atoms with Gasteiger partial charge in [-0.1, -0.05) is 24.3 Å². The SMILES string of the molecule is COc1ccccc1Oc1ccc(NC(=O)c2ccccc2S(C)(=O)=O)cc1. The molecular weight excluding hydrogens is 378 g/mol. The van der Waals surface area contributed by atoms with E-state index in [9.17, 15) is 13.2 Å². The van der Waals surface area contributed by atoms with Crippen molar-refractivity contribution in [1.29, 1.82) is 0 Å². The van der Waals surface area contributed by atoms with Gasteiger partial charge in [-0.3, -0.25) is 4.79 Å². The Bertz CT molecular complexity index is 1090. The maximum Gasteiger partial charge on any atom is 0.256 e. The summed E-state index contributed by atoms with van der Waals surface area (Å²) in [7, 11) is -1.95. The lowest BCUT2D eigenvalue weighted by Crippen LogP contribution is -2.15. The lowest BCUT2D eigenvalue weighted by molar-refractivity contribution is 0.102. The fraction of sp³-hybridized carbons (Fsp3) is 0.0952. The molecule has 0 aliphatic heterocycles. The minimum atomic E-state index is -3.51. The van der Waals surface area contributed by atoms with Crippen molar-refractivity contribution in [2.24, 2.45) is 0 Å². The lowest BCUT2D eigenvalue weighted by atomic mass is 10.2. The first-order valence-corrected chi connectivity index (χ1v) is 10.3. The Morgan fingerprint density at radius 2 is 1.46 bits per heavy atom. The molecule has 0 aliphatic carbocycles. The van der Waals surface area contributed by atoms with Crippen LogP contribution in [0.5, 0.6) is 17.2 Å². The highest BCUT2D eigenvalue weighted by Gasteiger charge is 2.18. The fourth-order valence-electron chi connectivity index (χ4n) is 2.61. The summed E-state index contributed by atoms with van der Waals surface area (Å²) in [6.45, 7) is 0. The third kappa shape index (κ3) is 4.50. The predicted molar refractivity (Wildman–Crippen MR) is 107 cm³/mol. The second-order valence-electron chi connectivity index (χ2n) is 6.00. The van der Waals surface area contributed by atoms with Crippen LogP contribution in [0.2, 0.25) is 0 Å². The summed E-state index contributed by atoms with van der Waals surface area (Å²) < 4.78 is 34.8. The van der Waals surface area contributed by atoms with Gasteiger partial charge in [0.2, 0.25) is 0 Å². The summed E-state index contributed by atoms with van der Waals surface area (Å²) in [5.74, 6) is 1.25. The van der Waals surface area contributed by atoms with Gasteiger partial charge in [0.05, 0.1) is 17.6 Å². The zero-order chi connectivity index (χ0) is 20.1. The number of hydrogen-bond acceptors (Lipinski definition) is 5. The van der Waals surface area contributed by atoms with Crippen molar-refractivity contribution in [2.75, 3.05) is 18.7 Å². The summed E-state index contributed by atoms with van der Waals surface area (Å²) in [6.07, 6.45) is 1.07. The van der Waals surface area contributed by atoms with Gasteiger partial charge < -0.3 is 14.8 Å². The van der Waals surface area contributed by atoms with Crippen LogP contribution in [0.3, 0.4) is 0 Å². The Kier molecular flexibility index (Phi) is 5.65. The summed E-state index contributed by atoms with van der Waals surface area (Å²) in [5, 5.41) is 2.70. The van der Waals surface area contributed by atoms with Gasteiger partial charge in [-0.25, -0.2) is 8.42 Å². The highest BCUT2D eigenvalue weighted by Crippen LogP contribution is 2.31. The molecule has 0 unspecified atom stereocenters. The van der Waals surface area contributed by atoms with Crippen molar-refractivity contribution >= 4 is 21.4 Å². The minimum absolute atomic E-state index is 0.0105. The summed E-state index contributed by atoms with van der Waals surface area (Å²) >= 11 is 0. The smallest absolute Gasteiger partial charge is 0.256 e. The molecule has 0 spiro atoms. The van der Waals surface area contributed by atoms with Crippen LogP contribution in [0.15, 0.2) is 77.7 Å². The summed E-state index contributed by atoms with van der Waals surface area (Å²) in [5.41, 5.74) is 0.611. The van der Waals surface area contributed by atoms with Crippen LogP contribution >= 0.6 is 0 Å². The second kappa shape index (κ2) is 8.14. The molecule has 3 aromatic rings. The third-order valence-corrected chi connectivity index (χ3v) is 5.10. The van der Waals surface area contributed by atoms with Gasteiger partial charge in [0, 0.05) is 11.9 Å². The van der Waals surface area contributed by atoms with Crippen LogP contribution in [0, 0.1) is 0 Å². The van der Waals surface area contributed by atoms with Crippen molar-refractivity contribution in [3.63, 3.8) is 0 Å². The zero-order valence-corrected chi connectivity index (χ0v) is 16.2. The Morgan fingerprint density at radius 1 is 0.857 bits per heavy atom. The van der Waals surface area contributed by atoms with E-state index in [1.54, 1.807) is 55.6 Å². The summed E-state index contributed by atoms with van der Waals surface area (Å²) in [4.78, 5) is 12.5. The number of rotatable bonds is 6. The van der Waals surface area contributed by atoms with Crippen molar-refractivity contribution in [3.8, 4) is 17.2 Å². The van der Waals surface area contributed by atoms with Crippen LogP contribution in [-0.4, -0.2) is 27.7 Å². The molecule has 0 bridgehead atoms. The lowest BCUT2D eigenvalue weighted by Gasteiger charge is -2.11. The quantitative estimate of drug-likeness (QED) is 0.676. The van der Waals surface area contributed by atoms with Gasteiger partial charge in [0.1, 0.15) is 5.75 Å². The highest BCUT2D eigenvalue weighted by molar-refractivity contribution is 7.90. The van der Waals surface area contributed by atoms with Crippen LogP contribution in [-0.2, 0) is 9.84 Å². The number of para-hydroxylation sites is 2. The molecule has 144 valence electrons. The van der Waals surface area contributed by atoms with E-state index in [1.165, 1.54) is 12.1 Å². The van der Waals surface area contributed by atoms with E-state index in [-0.39, 0.29) is 10.5 Å². The predicted octanol–water partition coefficient (Wildman–Crippen LogP) is 4.14. The average Bonchev–Trinajstić information content (AvgIpc) is 2.69. The standard InChI is InChI=1S/C21H19NO5S/c1-26-18-8-4-5-9-19(18)27-16-13-11-15(12-14-16)22-21(23)17-7-3-6-10-20(17)28(2,24)25/h3-14H,1-2H3,(H,22,23). The van der Waals surface area contributed by atoms with Crippen molar-refractivity contribution in [2.45, 2.75) is 4.90 Å². The molecule has 3 aromatic carbocycles. The van der Waals surface area contributed by atoms with Gasteiger partial charge in [0.25, 0.3) is 5.91 Å². The molecule has 0 fully saturated rings. The Morgan fingerprint density at radius 3 is 2.11 bits per heavy atom. The van der Waals surface area contributed by atoms with Gasteiger partial charge in [0.15, 0.2) is 21.3 Å². The zero-order valence-electron chi connectivity index (χ0n) is 15.4. The van der Waals surface area contributed by atoms with Crippen LogP contribution in [0.4, 0.5) is 5.69 Å². The molecule has 0 atom stereocenters. The molecule has 0 saturated heterocycles. The van der Waals surface area contributed by atoms with E-state index >= 15 is 0 Å². The minimum Gasteiger partial charge on any atom is -0.493 e. The number of amides is 1. The molecule has 0 aromatic heterocycles. The number of carbonyl (C=O) groups excluding carboxylic acids is 1. The van der Waals surface area contributed by atoms with Gasteiger partial charge in [-0.2, -0.15) is 0 Å². The number of sulfone groups is 1. The Balaban J connectivity index is 1.76. The topological polar surface area (TPSA) is 81.7 Å². The first-order chi connectivity index (χ1) is 13.4. The molecule has 1 amide bonds. The first kappa shape index (κ1) is 19.4. The van der Waals surface area contributed by atoms with E-state index in [1.807, 2.05) is 12.1 Å².